The van der Waals surface area contributed by atoms with Crippen LogP contribution in [0.15, 0.2) is 46.3 Å². The maximum absolute atomic E-state index is 5.40. The molecule has 0 radical (unpaired) electrons. The van der Waals surface area contributed by atoms with Crippen molar-refractivity contribution in [3.63, 3.8) is 0 Å². The number of aromatic nitrogens is 2. The van der Waals surface area contributed by atoms with Gasteiger partial charge in [-0.2, -0.15) is 0 Å². The number of rotatable bonds is 6. The predicted molar refractivity (Wildman–Crippen MR) is 83.2 cm³/mol. The monoisotopic (exact) mass is 300 g/mol. The van der Waals surface area contributed by atoms with Crippen molar-refractivity contribution in [1.82, 2.24) is 10.1 Å². The Morgan fingerprint density at radius 1 is 1.19 bits per heavy atom. The van der Waals surface area contributed by atoms with Gasteiger partial charge in [-0.3, -0.25) is 0 Å². The van der Waals surface area contributed by atoms with Crippen molar-refractivity contribution in [3.05, 3.63) is 46.8 Å². The first kappa shape index (κ1) is 14.0. The van der Waals surface area contributed by atoms with Crippen LogP contribution in [-0.4, -0.2) is 23.4 Å². The molecule has 0 saturated heterocycles. The number of hydrogen-bond acceptors (Lipinski definition) is 5. The molecule has 0 unspecified atom stereocenters. The Balaban J connectivity index is 1.74. The maximum atomic E-state index is 5.40. The molecule has 0 aliphatic carbocycles. The molecule has 5 heteroatoms. The van der Waals surface area contributed by atoms with Gasteiger partial charge in [-0.25, -0.2) is 4.98 Å². The molecule has 4 nitrogen and oxygen atoms in total. The lowest BCUT2D eigenvalue weighted by Crippen LogP contribution is -1.97. The summed E-state index contributed by atoms with van der Waals surface area (Å²) in [6.45, 7) is 3.44. The van der Waals surface area contributed by atoms with Crippen molar-refractivity contribution in [3.8, 4) is 22.7 Å². The second-order valence-electron chi connectivity index (χ2n) is 4.52. The number of nitrogens with zero attached hydrogens (tertiary/aromatic N) is 2. The van der Waals surface area contributed by atoms with E-state index in [9.17, 15) is 0 Å². The van der Waals surface area contributed by atoms with Gasteiger partial charge < -0.3 is 9.26 Å². The van der Waals surface area contributed by atoms with E-state index in [4.69, 9.17) is 9.26 Å². The van der Waals surface area contributed by atoms with Gasteiger partial charge in [-0.1, -0.05) is 35.5 Å². The summed E-state index contributed by atoms with van der Waals surface area (Å²) in [7, 11) is 0. The molecule has 0 N–H and O–H groups in total. The summed E-state index contributed by atoms with van der Waals surface area (Å²) in [5, 5.41) is 7.18. The average molecular weight is 300 g/mol. The van der Waals surface area contributed by atoms with Crippen LogP contribution in [-0.2, 0) is 11.2 Å². The fourth-order valence-electron chi connectivity index (χ4n) is 1.98. The van der Waals surface area contributed by atoms with E-state index in [1.165, 1.54) is 0 Å². The van der Waals surface area contributed by atoms with Crippen molar-refractivity contribution in [2.24, 2.45) is 0 Å². The van der Waals surface area contributed by atoms with Crippen LogP contribution < -0.4 is 0 Å². The first-order chi connectivity index (χ1) is 10.4. The smallest absolute Gasteiger partial charge is 0.167 e. The van der Waals surface area contributed by atoms with E-state index < -0.39 is 0 Å². The minimum absolute atomic E-state index is 0.706. The molecule has 3 rings (SSSR count). The quantitative estimate of drug-likeness (QED) is 0.644. The largest absolute Gasteiger partial charge is 0.381 e. The van der Waals surface area contributed by atoms with Crippen LogP contribution in [0.1, 0.15) is 11.9 Å². The van der Waals surface area contributed by atoms with Gasteiger partial charge in [-0.15, -0.1) is 11.3 Å². The Morgan fingerprint density at radius 3 is 2.86 bits per heavy atom. The third kappa shape index (κ3) is 3.37. The van der Waals surface area contributed by atoms with Crippen molar-refractivity contribution < 1.29 is 9.26 Å². The van der Waals surface area contributed by atoms with Crippen LogP contribution >= 0.6 is 11.3 Å². The van der Waals surface area contributed by atoms with Gasteiger partial charge in [0.25, 0.3) is 0 Å². The van der Waals surface area contributed by atoms with E-state index in [2.05, 4.69) is 10.1 Å². The SMILES string of the molecule is CCOCCc1nc(-c2cc(-c3ccccc3)on2)cs1. The van der Waals surface area contributed by atoms with Crippen molar-refractivity contribution in [2.75, 3.05) is 13.2 Å². The highest BCUT2D eigenvalue weighted by atomic mass is 32.1. The highest BCUT2D eigenvalue weighted by Gasteiger charge is 2.11. The summed E-state index contributed by atoms with van der Waals surface area (Å²) >= 11 is 1.63. The van der Waals surface area contributed by atoms with E-state index in [0.29, 0.717) is 6.61 Å². The fourth-order valence-corrected chi connectivity index (χ4v) is 2.75. The zero-order valence-electron chi connectivity index (χ0n) is 11.8. The average Bonchev–Trinajstić information content (AvgIpc) is 3.17. The number of ether oxygens (including phenoxy) is 1. The number of thiazole rings is 1. The second-order valence-corrected chi connectivity index (χ2v) is 5.46. The Bertz CT molecular complexity index is 691. The van der Waals surface area contributed by atoms with Gasteiger partial charge in [-0.05, 0) is 6.92 Å². The summed E-state index contributed by atoms with van der Waals surface area (Å²) in [5.74, 6) is 0.759. The third-order valence-electron chi connectivity index (χ3n) is 3.05. The Hall–Kier alpha value is -1.98. The summed E-state index contributed by atoms with van der Waals surface area (Å²) in [6, 6.07) is 11.9. The van der Waals surface area contributed by atoms with Crippen LogP contribution in [0.3, 0.4) is 0 Å². The third-order valence-corrected chi connectivity index (χ3v) is 3.96. The minimum Gasteiger partial charge on any atom is -0.381 e. The molecule has 0 aliphatic heterocycles. The van der Waals surface area contributed by atoms with Crippen LogP contribution in [0.25, 0.3) is 22.7 Å². The molecule has 2 aromatic heterocycles. The van der Waals surface area contributed by atoms with Gasteiger partial charge in [0.15, 0.2) is 5.76 Å². The molecule has 0 saturated carbocycles. The Kier molecular flexibility index (Phi) is 4.43. The zero-order valence-corrected chi connectivity index (χ0v) is 12.6. The van der Waals surface area contributed by atoms with Crippen LogP contribution in [0.2, 0.25) is 0 Å². The van der Waals surface area contributed by atoms with Gasteiger partial charge in [0.05, 0.1) is 11.6 Å². The first-order valence-corrected chi connectivity index (χ1v) is 7.79. The van der Waals surface area contributed by atoms with Gasteiger partial charge in [0.1, 0.15) is 11.4 Å². The zero-order chi connectivity index (χ0) is 14.5. The Labute approximate surface area is 127 Å². The van der Waals surface area contributed by atoms with E-state index in [-0.39, 0.29) is 0 Å². The highest BCUT2D eigenvalue weighted by molar-refractivity contribution is 7.09. The van der Waals surface area contributed by atoms with E-state index >= 15 is 0 Å². The molecule has 0 atom stereocenters. The highest BCUT2D eigenvalue weighted by Crippen LogP contribution is 2.26. The number of benzene rings is 1. The van der Waals surface area contributed by atoms with E-state index in [1.54, 1.807) is 11.3 Å². The standard InChI is InChI=1S/C16H16N2O2S/c1-2-19-9-8-16-17-14(11-21-16)13-10-15(20-18-13)12-6-4-3-5-7-12/h3-7,10-11H,2,8-9H2,1H3. The van der Waals surface area contributed by atoms with Crippen LogP contribution in [0, 0.1) is 0 Å². The molecule has 1 aromatic carbocycles. The van der Waals surface area contributed by atoms with Gasteiger partial charge in [0.2, 0.25) is 0 Å². The normalized spacial score (nSPS) is 10.9. The lowest BCUT2D eigenvalue weighted by Gasteiger charge is -1.96. The molecule has 0 spiro atoms. The van der Waals surface area contributed by atoms with Crippen LogP contribution in [0.4, 0.5) is 0 Å². The molecule has 0 fully saturated rings. The van der Waals surface area contributed by atoms with E-state index in [1.807, 2.05) is 48.7 Å². The number of hydrogen-bond donors (Lipinski definition) is 0. The molecule has 21 heavy (non-hydrogen) atoms. The summed E-state index contributed by atoms with van der Waals surface area (Å²) in [5.41, 5.74) is 2.65. The first-order valence-electron chi connectivity index (χ1n) is 6.91. The van der Waals surface area contributed by atoms with Crippen molar-refractivity contribution in [2.45, 2.75) is 13.3 Å². The second kappa shape index (κ2) is 6.65. The molecule has 2 heterocycles. The van der Waals surface area contributed by atoms with Crippen molar-refractivity contribution in [1.29, 1.82) is 0 Å². The Morgan fingerprint density at radius 2 is 2.05 bits per heavy atom. The summed E-state index contributed by atoms with van der Waals surface area (Å²) in [6.07, 6.45) is 0.835. The summed E-state index contributed by atoms with van der Waals surface area (Å²) in [4.78, 5) is 4.58. The molecule has 3 aromatic rings. The molecule has 108 valence electrons. The molecule has 0 amide bonds. The maximum Gasteiger partial charge on any atom is 0.167 e. The van der Waals surface area contributed by atoms with Gasteiger partial charge in [0, 0.05) is 30.0 Å². The topological polar surface area (TPSA) is 48.2 Å². The van der Waals surface area contributed by atoms with E-state index in [0.717, 1.165) is 40.7 Å². The lowest BCUT2D eigenvalue weighted by molar-refractivity contribution is 0.151. The predicted octanol–water partition coefficient (Wildman–Crippen LogP) is 4.04. The van der Waals surface area contributed by atoms with Gasteiger partial charge >= 0.3 is 0 Å². The fraction of sp³-hybridized carbons (Fsp3) is 0.250. The molecule has 0 bridgehead atoms. The lowest BCUT2D eigenvalue weighted by atomic mass is 10.1. The molecule has 0 aliphatic rings. The van der Waals surface area contributed by atoms with Crippen LogP contribution in [0.5, 0.6) is 0 Å². The summed E-state index contributed by atoms with van der Waals surface area (Å²) < 4.78 is 10.7. The molecular formula is C16H16N2O2S. The minimum atomic E-state index is 0.706. The molecular weight excluding hydrogens is 284 g/mol. The van der Waals surface area contributed by atoms with Crippen molar-refractivity contribution >= 4 is 11.3 Å².